The minimum absolute atomic E-state index is 0.0765. The van der Waals surface area contributed by atoms with Gasteiger partial charge in [-0.15, -0.1) is 0 Å². The van der Waals surface area contributed by atoms with Crippen molar-refractivity contribution in [3.63, 3.8) is 0 Å². The number of ether oxygens (including phenoxy) is 3. The maximum Gasteiger partial charge on any atom is 0.231 e. The molecule has 134 valence electrons. The van der Waals surface area contributed by atoms with Gasteiger partial charge >= 0.3 is 0 Å². The minimum Gasteiger partial charge on any atom is -0.454 e. The molecule has 0 aromatic heterocycles. The number of fused-ring (bicyclic) bond motifs is 1. The molecule has 24 heavy (non-hydrogen) atoms. The van der Waals surface area contributed by atoms with Crippen LogP contribution in [0.3, 0.4) is 0 Å². The molecule has 0 bridgehead atoms. The smallest absolute Gasteiger partial charge is 0.231 e. The van der Waals surface area contributed by atoms with Gasteiger partial charge in [-0.3, -0.25) is 4.99 Å². The van der Waals surface area contributed by atoms with E-state index in [4.69, 9.17) is 14.2 Å². The van der Waals surface area contributed by atoms with E-state index in [0.29, 0.717) is 13.3 Å². The molecule has 1 heterocycles. The van der Waals surface area contributed by atoms with Crippen LogP contribution in [0.2, 0.25) is 0 Å². The normalized spacial score (nSPS) is 15.3. The second kappa shape index (κ2) is 8.24. The van der Waals surface area contributed by atoms with Gasteiger partial charge in [0.2, 0.25) is 6.79 Å². The van der Waals surface area contributed by atoms with Crippen molar-refractivity contribution in [3.05, 3.63) is 23.8 Å². The SMILES string of the molecule is CN=C(NCCc1ccc2c(c1)OCO2)NCC(OC)C(C)(C)C. The third-order valence-corrected chi connectivity index (χ3v) is 4.07. The van der Waals surface area contributed by atoms with E-state index in [2.05, 4.69) is 42.5 Å². The van der Waals surface area contributed by atoms with Crippen molar-refractivity contribution in [2.75, 3.05) is 34.0 Å². The molecule has 2 N–H and O–H groups in total. The molecule has 1 aromatic carbocycles. The predicted octanol–water partition coefficient (Wildman–Crippen LogP) is 2.18. The van der Waals surface area contributed by atoms with Crippen LogP contribution in [0.5, 0.6) is 11.5 Å². The lowest BCUT2D eigenvalue weighted by atomic mass is 9.89. The zero-order valence-corrected chi connectivity index (χ0v) is 15.3. The lowest BCUT2D eigenvalue weighted by Crippen LogP contribution is -2.45. The van der Waals surface area contributed by atoms with Gasteiger partial charge < -0.3 is 24.8 Å². The van der Waals surface area contributed by atoms with Crippen molar-refractivity contribution in [1.82, 2.24) is 10.6 Å². The second-order valence-corrected chi connectivity index (χ2v) is 6.91. The van der Waals surface area contributed by atoms with Gasteiger partial charge in [-0.2, -0.15) is 0 Å². The lowest BCUT2D eigenvalue weighted by Gasteiger charge is -2.30. The number of nitrogens with zero attached hydrogens (tertiary/aromatic N) is 1. The largest absolute Gasteiger partial charge is 0.454 e. The summed E-state index contributed by atoms with van der Waals surface area (Å²) in [4.78, 5) is 4.26. The maximum absolute atomic E-state index is 5.56. The number of rotatable bonds is 6. The van der Waals surface area contributed by atoms with Gasteiger partial charge in [0.15, 0.2) is 17.5 Å². The fourth-order valence-corrected chi connectivity index (χ4v) is 2.57. The first kappa shape index (κ1) is 18.4. The molecule has 1 aliphatic heterocycles. The Labute approximate surface area is 144 Å². The summed E-state index contributed by atoms with van der Waals surface area (Å²) in [6.45, 7) is 8.30. The Bertz CT molecular complexity index is 567. The number of benzene rings is 1. The summed E-state index contributed by atoms with van der Waals surface area (Å²) in [7, 11) is 3.52. The van der Waals surface area contributed by atoms with E-state index in [1.165, 1.54) is 5.56 Å². The van der Waals surface area contributed by atoms with Crippen LogP contribution in [0.1, 0.15) is 26.3 Å². The molecule has 1 atom stereocenters. The van der Waals surface area contributed by atoms with Crippen molar-refractivity contribution in [1.29, 1.82) is 0 Å². The topological polar surface area (TPSA) is 64.1 Å². The highest BCUT2D eigenvalue weighted by Gasteiger charge is 2.24. The Kier molecular flexibility index (Phi) is 6.31. The standard InChI is InChI=1S/C18H29N3O3/c1-18(2,3)16(22-5)11-21-17(19-4)20-9-8-13-6-7-14-15(10-13)24-12-23-14/h6-7,10,16H,8-9,11-12H2,1-5H3,(H2,19,20,21). The number of methoxy groups -OCH3 is 1. The number of nitrogens with one attached hydrogen (secondary N) is 2. The molecule has 0 radical (unpaired) electrons. The van der Waals surface area contributed by atoms with Crippen LogP contribution < -0.4 is 20.1 Å². The van der Waals surface area contributed by atoms with Gasteiger partial charge in [-0.1, -0.05) is 26.8 Å². The number of hydrogen-bond acceptors (Lipinski definition) is 4. The summed E-state index contributed by atoms with van der Waals surface area (Å²) in [5.74, 6) is 2.42. The summed E-state index contributed by atoms with van der Waals surface area (Å²) >= 11 is 0. The Morgan fingerprint density at radius 1 is 1.25 bits per heavy atom. The maximum atomic E-state index is 5.56. The zero-order valence-electron chi connectivity index (χ0n) is 15.3. The van der Waals surface area contributed by atoms with Gasteiger partial charge in [-0.25, -0.2) is 0 Å². The molecule has 0 saturated heterocycles. The molecule has 1 aromatic rings. The first-order valence-corrected chi connectivity index (χ1v) is 8.30. The average molecular weight is 335 g/mol. The third-order valence-electron chi connectivity index (χ3n) is 4.07. The van der Waals surface area contributed by atoms with Gasteiger partial charge in [0.05, 0.1) is 6.10 Å². The highest BCUT2D eigenvalue weighted by atomic mass is 16.7. The summed E-state index contributed by atoms with van der Waals surface area (Å²) < 4.78 is 16.3. The number of guanidine groups is 1. The zero-order chi connectivity index (χ0) is 17.6. The van der Waals surface area contributed by atoms with Crippen LogP contribution in [-0.4, -0.2) is 46.1 Å². The van der Waals surface area contributed by atoms with E-state index < -0.39 is 0 Å². The summed E-state index contributed by atoms with van der Waals surface area (Å²) in [6.07, 6.45) is 0.995. The van der Waals surface area contributed by atoms with E-state index >= 15 is 0 Å². The van der Waals surface area contributed by atoms with E-state index in [-0.39, 0.29) is 11.5 Å². The van der Waals surface area contributed by atoms with E-state index in [1.807, 2.05) is 12.1 Å². The number of hydrogen-bond donors (Lipinski definition) is 2. The van der Waals surface area contributed by atoms with Crippen molar-refractivity contribution >= 4 is 5.96 Å². The summed E-state index contributed by atoms with van der Waals surface area (Å²) in [5.41, 5.74) is 1.28. The summed E-state index contributed by atoms with van der Waals surface area (Å²) in [6, 6.07) is 6.05. The first-order valence-electron chi connectivity index (χ1n) is 8.30. The minimum atomic E-state index is 0.0765. The van der Waals surface area contributed by atoms with Gasteiger partial charge in [-0.05, 0) is 29.5 Å². The van der Waals surface area contributed by atoms with Crippen LogP contribution in [0.15, 0.2) is 23.2 Å². The van der Waals surface area contributed by atoms with Crippen LogP contribution in [0.25, 0.3) is 0 Å². The van der Waals surface area contributed by atoms with Gasteiger partial charge in [0.1, 0.15) is 0 Å². The van der Waals surface area contributed by atoms with E-state index in [9.17, 15) is 0 Å². The molecule has 1 aliphatic rings. The second-order valence-electron chi connectivity index (χ2n) is 6.91. The van der Waals surface area contributed by atoms with Gasteiger partial charge in [0, 0.05) is 27.2 Å². The van der Waals surface area contributed by atoms with Gasteiger partial charge in [0.25, 0.3) is 0 Å². The van der Waals surface area contributed by atoms with Crippen molar-refractivity contribution in [2.24, 2.45) is 10.4 Å². The van der Waals surface area contributed by atoms with Crippen LogP contribution in [0, 0.1) is 5.41 Å². The molecule has 6 heteroatoms. The molecular weight excluding hydrogens is 306 g/mol. The molecule has 1 unspecified atom stereocenters. The Morgan fingerprint density at radius 3 is 2.67 bits per heavy atom. The molecule has 2 rings (SSSR count). The fourth-order valence-electron chi connectivity index (χ4n) is 2.57. The van der Waals surface area contributed by atoms with E-state index in [0.717, 1.165) is 30.4 Å². The van der Waals surface area contributed by atoms with Crippen LogP contribution >= 0.6 is 0 Å². The predicted molar refractivity (Wildman–Crippen MR) is 95.9 cm³/mol. The van der Waals surface area contributed by atoms with Crippen molar-refractivity contribution in [3.8, 4) is 11.5 Å². The fraction of sp³-hybridized carbons (Fsp3) is 0.611. The molecule has 6 nitrogen and oxygen atoms in total. The van der Waals surface area contributed by atoms with E-state index in [1.54, 1.807) is 14.2 Å². The average Bonchev–Trinajstić information content (AvgIpc) is 3.00. The third kappa shape index (κ3) is 5.03. The molecule has 0 spiro atoms. The monoisotopic (exact) mass is 335 g/mol. The van der Waals surface area contributed by atoms with Crippen LogP contribution in [0.4, 0.5) is 0 Å². The quantitative estimate of drug-likeness (QED) is 0.616. The Morgan fingerprint density at radius 2 is 2.00 bits per heavy atom. The highest BCUT2D eigenvalue weighted by Crippen LogP contribution is 2.32. The first-order chi connectivity index (χ1) is 11.4. The Balaban J connectivity index is 1.77. The molecular formula is C18H29N3O3. The molecule has 0 amide bonds. The molecule has 0 saturated carbocycles. The molecule has 0 fully saturated rings. The van der Waals surface area contributed by atoms with Crippen LogP contribution in [-0.2, 0) is 11.2 Å². The highest BCUT2D eigenvalue weighted by molar-refractivity contribution is 5.79. The lowest BCUT2D eigenvalue weighted by molar-refractivity contribution is 0.0205. The molecule has 0 aliphatic carbocycles. The Hall–Kier alpha value is -1.95. The van der Waals surface area contributed by atoms with Crippen molar-refractivity contribution < 1.29 is 14.2 Å². The van der Waals surface area contributed by atoms with Crippen molar-refractivity contribution in [2.45, 2.75) is 33.3 Å². The number of aliphatic imine (C=N–C) groups is 1. The summed E-state index contributed by atoms with van der Waals surface area (Å²) in [5, 5.41) is 6.65.